The number of rotatable bonds is 3. The zero-order valence-electron chi connectivity index (χ0n) is 14.9. The minimum atomic E-state index is 0.0153. The van der Waals surface area contributed by atoms with Gasteiger partial charge in [-0.1, -0.05) is 17.7 Å². The molecule has 0 spiro atoms. The monoisotopic (exact) mass is 336 g/mol. The van der Waals surface area contributed by atoms with Crippen LogP contribution in [0.25, 0.3) is 0 Å². The Labute approximate surface area is 145 Å². The van der Waals surface area contributed by atoms with Crippen LogP contribution in [0.3, 0.4) is 0 Å². The van der Waals surface area contributed by atoms with Gasteiger partial charge in [-0.15, -0.1) is 0 Å². The Balaban J connectivity index is 1.89. The molecule has 1 fully saturated rings. The summed E-state index contributed by atoms with van der Waals surface area (Å²) in [6, 6.07) is 6.13. The summed E-state index contributed by atoms with van der Waals surface area (Å²) in [4.78, 5) is 6.74. The molecule has 0 saturated carbocycles. The number of hydrogen-bond acceptors (Lipinski definition) is 2. The van der Waals surface area contributed by atoms with Gasteiger partial charge in [-0.05, 0) is 57.7 Å². The van der Waals surface area contributed by atoms with Crippen LogP contribution < -0.4 is 15.5 Å². The molecule has 0 aliphatic carbocycles. The first-order chi connectivity index (χ1) is 10.8. The van der Waals surface area contributed by atoms with Crippen molar-refractivity contribution in [1.29, 1.82) is 0 Å². The molecule has 0 bridgehead atoms. The quantitative estimate of drug-likeness (QED) is 0.656. The number of anilines is 1. The SMILES string of the molecule is CN=C(NCC1CCN(c2cc(Cl)ccc2C)C1)NC(C)(C)C. The number of guanidine groups is 1. The standard InChI is InChI=1S/C18H29ClN4/c1-13-6-7-15(19)10-16(13)23-9-8-14(12-23)11-21-17(20-5)22-18(2,3)4/h6-7,10,14H,8-9,11-12H2,1-5H3,(H2,20,21,22). The van der Waals surface area contributed by atoms with Gasteiger partial charge in [0.15, 0.2) is 5.96 Å². The van der Waals surface area contributed by atoms with E-state index in [9.17, 15) is 0 Å². The number of hydrogen-bond donors (Lipinski definition) is 2. The second kappa shape index (κ2) is 7.43. The van der Waals surface area contributed by atoms with E-state index in [1.807, 2.05) is 13.1 Å². The lowest BCUT2D eigenvalue weighted by molar-refractivity contribution is 0.491. The van der Waals surface area contributed by atoms with Crippen LogP contribution in [0, 0.1) is 12.8 Å². The summed E-state index contributed by atoms with van der Waals surface area (Å²) in [5.41, 5.74) is 2.56. The molecule has 23 heavy (non-hydrogen) atoms. The molecular formula is C18H29ClN4. The number of benzene rings is 1. The molecule has 1 aromatic carbocycles. The minimum absolute atomic E-state index is 0.0153. The second-order valence-electron chi connectivity index (χ2n) is 7.36. The maximum absolute atomic E-state index is 6.15. The number of aryl methyl sites for hydroxylation is 1. The summed E-state index contributed by atoms with van der Waals surface area (Å²) in [7, 11) is 1.82. The average molecular weight is 337 g/mol. The van der Waals surface area contributed by atoms with E-state index in [-0.39, 0.29) is 5.54 Å². The van der Waals surface area contributed by atoms with Gasteiger partial charge >= 0.3 is 0 Å². The van der Waals surface area contributed by atoms with Gasteiger partial charge in [-0.3, -0.25) is 4.99 Å². The lowest BCUT2D eigenvalue weighted by Crippen LogP contribution is -2.48. The molecule has 0 aromatic heterocycles. The van der Waals surface area contributed by atoms with E-state index in [0.29, 0.717) is 5.92 Å². The molecular weight excluding hydrogens is 308 g/mol. The lowest BCUT2D eigenvalue weighted by atomic mass is 10.1. The van der Waals surface area contributed by atoms with Crippen LogP contribution in [-0.4, -0.2) is 38.2 Å². The lowest BCUT2D eigenvalue weighted by Gasteiger charge is -2.25. The van der Waals surface area contributed by atoms with Gasteiger partial charge < -0.3 is 15.5 Å². The molecule has 128 valence electrons. The highest BCUT2D eigenvalue weighted by Gasteiger charge is 2.24. The van der Waals surface area contributed by atoms with Crippen LogP contribution in [0.2, 0.25) is 5.02 Å². The van der Waals surface area contributed by atoms with Gasteiger partial charge in [-0.2, -0.15) is 0 Å². The van der Waals surface area contributed by atoms with Gasteiger partial charge in [0.2, 0.25) is 0 Å². The van der Waals surface area contributed by atoms with Crippen LogP contribution >= 0.6 is 11.6 Å². The molecule has 2 rings (SSSR count). The predicted octanol–water partition coefficient (Wildman–Crippen LogP) is 3.44. The van der Waals surface area contributed by atoms with Crippen molar-refractivity contribution >= 4 is 23.2 Å². The van der Waals surface area contributed by atoms with Gasteiger partial charge in [0.25, 0.3) is 0 Å². The highest BCUT2D eigenvalue weighted by molar-refractivity contribution is 6.30. The first-order valence-corrected chi connectivity index (χ1v) is 8.66. The molecule has 1 heterocycles. The molecule has 1 atom stereocenters. The zero-order valence-corrected chi connectivity index (χ0v) is 15.7. The van der Waals surface area contributed by atoms with Gasteiger partial charge in [0, 0.05) is 42.9 Å². The van der Waals surface area contributed by atoms with Crippen molar-refractivity contribution in [2.24, 2.45) is 10.9 Å². The van der Waals surface area contributed by atoms with E-state index in [2.05, 4.69) is 60.4 Å². The van der Waals surface area contributed by atoms with Crippen molar-refractivity contribution in [1.82, 2.24) is 10.6 Å². The number of aliphatic imine (C=N–C) groups is 1. The van der Waals surface area contributed by atoms with E-state index in [4.69, 9.17) is 11.6 Å². The topological polar surface area (TPSA) is 39.7 Å². The summed E-state index contributed by atoms with van der Waals surface area (Å²) < 4.78 is 0. The van der Waals surface area contributed by atoms with E-state index in [1.54, 1.807) is 0 Å². The van der Waals surface area contributed by atoms with Crippen molar-refractivity contribution < 1.29 is 0 Å². The normalized spacial score (nSPS) is 19.1. The van der Waals surface area contributed by atoms with Crippen LogP contribution in [0.4, 0.5) is 5.69 Å². The summed E-state index contributed by atoms with van der Waals surface area (Å²) in [6.45, 7) is 11.6. The van der Waals surface area contributed by atoms with Crippen molar-refractivity contribution in [3.63, 3.8) is 0 Å². The largest absolute Gasteiger partial charge is 0.371 e. The molecule has 0 radical (unpaired) electrons. The first kappa shape index (κ1) is 17.9. The van der Waals surface area contributed by atoms with Crippen LogP contribution in [0.1, 0.15) is 32.8 Å². The van der Waals surface area contributed by atoms with Crippen LogP contribution in [-0.2, 0) is 0 Å². The highest BCUT2D eigenvalue weighted by atomic mass is 35.5. The first-order valence-electron chi connectivity index (χ1n) is 8.28. The Morgan fingerprint density at radius 3 is 2.78 bits per heavy atom. The second-order valence-corrected chi connectivity index (χ2v) is 7.80. The molecule has 5 heteroatoms. The third-order valence-corrected chi connectivity index (χ3v) is 4.31. The molecule has 2 N–H and O–H groups in total. The molecule has 1 aliphatic rings. The molecule has 4 nitrogen and oxygen atoms in total. The maximum Gasteiger partial charge on any atom is 0.191 e. The van der Waals surface area contributed by atoms with Crippen molar-refractivity contribution in [2.45, 2.75) is 39.7 Å². The van der Waals surface area contributed by atoms with E-state index < -0.39 is 0 Å². The smallest absolute Gasteiger partial charge is 0.191 e. The third kappa shape index (κ3) is 5.31. The zero-order chi connectivity index (χ0) is 17.0. The fourth-order valence-electron chi connectivity index (χ4n) is 2.92. The van der Waals surface area contributed by atoms with Gasteiger partial charge in [0.05, 0.1) is 0 Å². The number of halogens is 1. The number of nitrogens with one attached hydrogen (secondary N) is 2. The fourth-order valence-corrected chi connectivity index (χ4v) is 3.08. The molecule has 0 amide bonds. The molecule has 1 saturated heterocycles. The Hall–Kier alpha value is -1.42. The Bertz CT molecular complexity index is 563. The Kier molecular flexibility index (Phi) is 5.79. The van der Waals surface area contributed by atoms with Crippen LogP contribution in [0.15, 0.2) is 23.2 Å². The maximum atomic E-state index is 6.15. The number of nitrogens with zero attached hydrogens (tertiary/aromatic N) is 2. The predicted molar refractivity (Wildman–Crippen MR) is 101 cm³/mol. The van der Waals surface area contributed by atoms with Crippen LogP contribution in [0.5, 0.6) is 0 Å². The van der Waals surface area contributed by atoms with Crippen molar-refractivity contribution in [3.05, 3.63) is 28.8 Å². The Morgan fingerprint density at radius 2 is 2.13 bits per heavy atom. The molecule has 1 unspecified atom stereocenters. The van der Waals surface area contributed by atoms with E-state index in [1.165, 1.54) is 17.7 Å². The highest BCUT2D eigenvalue weighted by Crippen LogP contribution is 2.29. The fraction of sp³-hybridized carbons (Fsp3) is 0.611. The average Bonchev–Trinajstić information content (AvgIpc) is 2.93. The van der Waals surface area contributed by atoms with E-state index >= 15 is 0 Å². The summed E-state index contributed by atoms with van der Waals surface area (Å²) in [6.07, 6.45) is 1.19. The molecule has 1 aliphatic heterocycles. The molecule has 1 aromatic rings. The summed E-state index contributed by atoms with van der Waals surface area (Å²) >= 11 is 6.15. The summed E-state index contributed by atoms with van der Waals surface area (Å²) in [5.74, 6) is 1.49. The minimum Gasteiger partial charge on any atom is -0.371 e. The van der Waals surface area contributed by atoms with Crippen molar-refractivity contribution in [3.8, 4) is 0 Å². The summed E-state index contributed by atoms with van der Waals surface area (Å²) in [5, 5.41) is 7.66. The van der Waals surface area contributed by atoms with Gasteiger partial charge in [0.1, 0.15) is 0 Å². The third-order valence-electron chi connectivity index (χ3n) is 4.07. The Morgan fingerprint density at radius 1 is 1.39 bits per heavy atom. The van der Waals surface area contributed by atoms with Gasteiger partial charge in [-0.25, -0.2) is 0 Å². The van der Waals surface area contributed by atoms with E-state index in [0.717, 1.165) is 30.6 Å². The van der Waals surface area contributed by atoms with Crippen molar-refractivity contribution in [2.75, 3.05) is 31.6 Å².